The third-order valence-electron chi connectivity index (χ3n) is 5.47. The summed E-state index contributed by atoms with van der Waals surface area (Å²) in [6.45, 7) is 3.87. The molecule has 2 aromatic heterocycles. The molecule has 0 aliphatic heterocycles. The summed E-state index contributed by atoms with van der Waals surface area (Å²) in [5, 5.41) is 7.16. The van der Waals surface area contributed by atoms with Gasteiger partial charge in [0.1, 0.15) is 14.9 Å². The molecule has 0 saturated heterocycles. The van der Waals surface area contributed by atoms with Crippen LogP contribution in [0.3, 0.4) is 0 Å². The molecule has 0 bridgehead atoms. The number of hydrogen-bond acceptors (Lipinski definition) is 7. The van der Waals surface area contributed by atoms with Crippen molar-refractivity contribution in [3.63, 3.8) is 0 Å². The first-order chi connectivity index (χ1) is 14.5. The summed E-state index contributed by atoms with van der Waals surface area (Å²) in [6.07, 6.45) is 4.03. The Balaban J connectivity index is 1.62. The van der Waals surface area contributed by atoms with Crippen molar-refractivity contribution in [2.75, 3.05) is 14.2 Å². The SMILES string of the molecule is COc1ccc(-c2nc(C)c(C(=O)NC3(c4nc(C)cs4)CCCC3)s2)cc1OC. The predicted molar refractivity (Wildman–Crippen MR) is 120 cm³/mol. The third kappa shape index (κ3) is 3.81. The fraction of sp³-hybridized carbons (Fsp3) is 0.409. The first kappa shape index (κ1) is 20.8. The Hall–Kier alpha value is -2.45. The van der Waals surface area contributed by atoms with Gasteiger partial charge in [-0.25, -0.2) is 9.97 Å². The van der Waals surface area contributed by atoms with Gasteiger partial charge in [0.15, 0.2) is 11.5 Å². The van der Waals surface area contributed by atoms with E-state index in [4.69, 9.17) is 9.47 Å². The normalized spacial score (nSPS) is 15.2. The third-order valence-corrected chi connectivity index (χ3v) is 7.84. The van der Waals surface area contributed by atoms with E-state index in [1.807, 2.05) is 32.0 Å². The van der Waals surface area contributed by atoms with E-state index in [-0.39, 0.29) is 11.4 Å². The number of rotatable bonds is 6. The molecule has 30 heavy (non-hydrogen) atoms. The van der Waals surface area contributed by atoms with Crippen molar-refractivity contribution in [2.45, 2.75) is 45.1 Å². The Morgan fingerprint density at radius 1 is 1.10 bits per heavy atom. The van der Waals surface area contributed by atoms with Crippen LogP contribution in [0.1, 0.15) is 51.8 Å². The molecule has 3 aromatic rings. The quantitative estimate of drug-likeness (QED) is 0.574. The van der Waals surface area contributed by atoms with Crippen LogP contribution < -0.4 is 14.8 Å². The van der Waals surface area contributed by atoms with Crippen molar-refractivity contribution in [3.05, 3.63) is 44.9 Å². The van der Waals surface area contributed by atoms with E-state index in [2.05, 4.69) is 20.7 Å². The molecule has 6 nitrogen and oxygen atoms in total. The molecule has 1 fully saturated rings. The molecule has 0 unspecified atom stereocenters. The number of amides is 1. The van der Waals surface area contributed by atoms with Crippen molar-refractivity contribution in [1.29, 1.82) is 0 Å². The zero-order valence-corrected chi connectivity index (χ0v) is 19.2. The van der Waals surface area contributed by atoms with Crippen molar-refractivity contribution >= 4 is 28.6 Å². The van der Waals surface area contributed by atoms with Gasteiger partial charge in [-0.15, -0.1) is 22.7 Å². The number of benzene rings is 1. The molecule has 1 aromatic carbocycles. The van der Waals surface area contributed by atoms with Crippen LogP contribution in [0.5, 0.6) is 11.5 Å². The minimum Gasteiger partial charge on any atom is -0.493 e. The van der Waals surface area contributed by atoms with Gasteiger partial charge in [0.05, 0.1) is 25.5 Å². The molecule has 2 heterocycles. The van der Waals surface area contributed by atoms with E-state index < -0.39 is 0 Å². The Morgan fingerprint density at radius 2 is 1.83 bits per heavy atom. The van der Waals surface area contributed by atoms with Gasteiger partial charge in [-0.1, -0.05) is 12.8 Å². The molecule has 1 aliphatic carbocycles. The van der Waals surface area contributed by atoms with E-state index in [1.165, 1.54) is 11.3 Å². The second-order valence-corrected chi connectivity index (χ2v) is 9.40. The summed E-state index contributed by atoms with van der Waals surface area (Å²) < 4.78 is 10.7. The average molecular weight is 444 g/mol. The first-order valence-corrected chi connectivity index (χ1v) is 11.6. The summed E-state index contributed by atoms with van der Waals surface area (Å²) in [5.41, 5.74) is 2.26. The smallest absolute Gasteiger partial charge is 0.264 e. The zero-order valence-electron chi connectivity index (χ0n) is 17.6. The number of carbonyl (C=O) groups is 1. The number of hydrogen-bond donors (Lipinski definition) is 1. The topological polar surface area (TPSA) is 73.3 Å². The summed E-state index contributed by atoms with van der Waals surface area (Å²) in [6, 6.07) is 5.66. The Bertz CT molecular complexity index is 1070. The van der Waals surface area contributed by atoms with Gasteiger partial charge in [0.25, 0.3) is 5.91 Å². The van der Waals surface area contributed by atoms with E-state index in [0.717, 1.165) is 52.6 Å². The van der Waals surface area contributed by atoms with E-state index in [9.17, 15) is 4.79 Å². The first-order valence-electron chi connectivity index (χ1n) is 9.91. The molecule has 1 N–H and O–H groups in total. The monoisotopic (exact) mass is 443 g/mol. The van der Waals surface area contributed by atoms with Crippen LogP contribution in [0.25, 0.3) is 10.6 Å². The largest absolute Gasteiger partial charge is 0.493 e. The van der Waals surface area contributed by atoms with Crippen LogP contribution in [0, 0.1) is 13.8 Å². The van der Waals surface area contributed by atoms with Crippen molar-refractivity contribution in [3.8, 4) is 22.1 Å². The average Bonchev–Trinajstić information content (AvgIpc) is 3.48. The lowest BCUT2D eigenvalue weighted by Crippen LogP contribution is -2.43. The van der Waals surface area contributed by atoms with E-state index >= 15 is 0 Å². The lowest BCUT2D eigenvalue weighted by molar-refractivity contribution is 0.0901. The number of aryl methyl sites for hydroxylation is 2. The van der Waals surface area contributed by atoms with Crippen LogP contribution in [-0.4, -0.2) is 30.1 Å². The molecule has 0 radical (unpaired) electrons. The lowest BCUT2D eigenvalue weighted by atomic mass is 9.98. The fourth-order valence-corrected chi connectivity index (χ4v) is 5.89. The highest BCUT2D eigenvalue weighted by atomic mass is 32.1. The molecule has 1 saturated carbocycles. The van der Waals surface area contributed by atoms with Crippen molar-refractivity contribution < 1.29 is 14.3 Å². The number of aromatic nitrogens is 2. The van der Waals surface area contributed by atoms with Crippen molar-refractivity contribution in [1.82, 2.24) is 15.3 Å². The summed E-state index contributed by atoms with van der Waals surface area (Å²) in [5.74, 6) is 1.22. The number of thiazole rings is 2. The van der Waals surface area contributed by atoms with Gasteiger partial charge >= 0.3 is 0 Å². The molecule has 8 heteroatoms. The van der Waals surface area contributed by atoms with Crippen LogP contribution in [-0.2, 0) is 5.54 Å². The Kier molecular flexibility index (Phi) is 5.79. The fourth-order valence-electron chi connectivity index (χ4n) is 3.92. The molecule has 0 atom stereocenters. The molecule has 158 valence electrons. The minimum atomic E-state index is -0.365. The highest BCUT2D eigenvalue weighted by Gasteiger charge is 2.40. The number of nitrogens with zero attached hydrogens (tertiary/aromatic N) is 2. The van der Waals surface area contributed by atoms with E-state index in [1.54, 1.807) is 25.6 Å². The summed E-state index contributed by atoms with van der Waals surface area (Å²) in [4.78, 5) is 23.2. The standard InChI is InChI=1S/C22H25N3O3S2/c1-13-12-29-21(23-13)22(9-5-6-10-22)25-19(26)18-14(2)24-20(30-18)15-7-8-16(27-3)17(11-15)28-4/h7-8,11-12H,5-6,9-10H2,1-4H3,(H,25,26). The maximum atomic E-state index is 13.3. The lowest BCUT2D eigenvalue weighted by Gasteiger charge is -2.28. The maximum Gasteiger partial charge on any atom is 0.264 e. The predicted octanol–water partition coefficient (Wildman–Crippen LogP) is 5.10. The Labute approximate surface area is 184 Å². The highest BCUT2D eigenvalue weighted by molar-refractivity contribution is 7.17. The minimum absolute atomic E-state index is 0.0773. The van der Waals surface area contributed by atoms with Crippen LogP contribution >= 0.6 is 22.7 Å². The summed E-state index contributed by atoms with van der Waals surface area (Å²) in [7, 11) is 3.21. The van der Waals surface area contributed by atoms with Gasteiger partial charge in [0.2, 0.25) is 0 Å². The van der Waals surface area contributed by atoms with Crippen molar-refractivity contribution in [2.24, 2.45) is 0 Å². The molecule has 4 rings (SSSR count). The number of carbonyl (C=O) groups excluding carboxylic acids is 1. The van der Waals surface area contributed by atoms with Crippen LogP contribution in [0.2, 0.25) is 0 Å². The maximum absolute atomic E-state index is 13.3. The number of methoxy groups -OCH3 is 2. The zero-order chi connectivity index (χ0) is 21.3. The van der Waals surface area contributed by atoms with Gasteiger partial charge in [0, 0.05) is 16.6 Å². The van der Waals surface area contributed by atoms with Gasteiger partial charge in [-0.3, -0.25) is 4.79 Å². The van der Waals surface area contributed by atoms with Gasteiger partial charge in [-0.05, 0) is 44.9 Å². The number of ether oxygens (including phenoxy) is 2. The van der Waals surface area contributed by atoms with E-state index in [0.29, 0.717) is 16.4 Å². The van der Waals surface area contributed by atoms with Gasteiger partial charge < -0.3 is 14.8 Å². The highest BCUT2D eigenvalue weighted by Crippen LogP contribution is 2.41. The molecule has 1 aliphatic rings. The molecule has 1 amide bonds. The van der Waals surface area contributed by atoms with Gasteiger partial charge in [-0.2, -0.15) is 0 Å². The molecular formula is C22H25N3O3S2. The molecular weight excluding hydrogens is 418 g/mol. The van der Waals surface area contributed by atoms with Crippen LogP contribution in [0.4, 0.5) is 0 Å². The molecule has 0 spiro atoms. The number of nitrogens with one attached hydrogen (secondary N) is 1. The summed E-state index contributed by atoms with van der Waals surface area (Å²) >= 11 is 3.03. The second kappa shape index (κ2) is 8.35. The Morgan fingerprint density at radius 3 is 2.47 bits per heavy atom. The second-order valence-electron chi connectivity index (χ2n) is 7.54. The van der Waals surface area contributed by atoms with Crippen LogP contribution in [0.15, 0.2) is 23.6 Å².